The molecule has 0 bridgehead atoms. The van der Waals surface area contributed by atoms with Crippen LogP contribution in [0.3, 0.4) is 0 Å². The first-order valence-corrected chi connectivity index (χ1v) is 7.86. The number of carbonyl (C=O) groups is 1. The number of amides is 1. The van der Waals surface area contributed by atoms with Gasteiger partial charge in [-0.3, -0.25) is 9.78 Å². The molecular formula is C18H21N5O. The van der Waals surface area contributed by atoms with Gasteiger partial charge < -0.3 is 14.8 Å². The maximum Gasteiger partial charge on any atom is 0.275 e. The zero-order valence-corrected chi connectivity index (χ0v) is 14.2. The van der Waals surface area contributed by atoms with Crippen LogP contribution in [0, 0.1) is 6.92 Å². The lowest BCUT2D eigenvalue weighted by Gasteiger charge is -2.12. The van der Waals surface area contributed by atoms with Crippen LogP contribution in [0.2, 0.25) is 0 Å². The van der Waals surface area contributed by atoms with Crippen molar-refractivity contribution in [1.82, 2.24) is 19.4 Å². The largest absolute Gasteiger partial charge is 0.346 e. The van der Waals surface area contributed by atoms with Gasteiger partial charge in [0, 0.05) is 31.2 Å². The number of likely N-dealkylation sites (N-methyl/N-ethyl adjacent to an activating group) is 1. The van der Waals surface area contributed by atoms with Gasteiger partial charge in [0.2, 0.25) is 0 Å². The van der Waals surface area contributed by atoms with E-state index in [1.165, 1.54) is 6.20 Å². The van der Waals surface area contributed by atoms with Crippen molar-refractivity contribution >= 4 is 22.5 Å². The standard InChI is InChI=1S/C18H21N5O/c1-13-11-20-16(12-19-13)18(24)21-15-5-4-14-6-7-23(17(14)10-15)9-8-22(2)3/h4-7,10-12H,8-9H2,1-3H3,(H,21,24). The Labute approximate surface area is 141 Å². The van der Waals surface area contributed by atoms with Crippen LogP contribution in [0.4, 0.5) is 5.69 Å². The lowest BCUT2D eigenvalue weighted by Crippen LogP contribution is -2.18. The van der Waals surface area contributed by atoms with Crippen molar-refractivity contribution in [3.8, 4) is 0 Å². The first-order valence-electron chi connectivity index (χ1n) is 7.86. The molecule has 1 aromatic carbocycles. The fraction of sp³-hybridized carbons (Fsp3) is 0.278. The van der Waals surface area contributed by atoms with Crippen LogP contribution in [-0.4, -0.2) is 46.0 Å². The molecule has 6 heteroatoms. The highest BCUT2D eigenvalue weighted by Gasteiger charge is 2.09. The highest BCUT2D eigenvalue weighted by Crippen LogP contribution is 2.21. The van der Waals surface area contributed by atoms with E-state index in [1.54, 1.807) is 6.20 Å². The second-order valence-corrected chi connectivity index (χ2v) is 6.08. The van der Waals surface area contributed by atoms with E-state index in [0.29, 0.717) is 5.69 Å². The molecule has 3 rings (SSSR count). The summed E-state index contributed by atoms with van der Waals surface area (Å²) in [5, 5.41) is 4.04. The number of nitrogens with zero attached hydrogens (tertiary/aromatic N) is 4. The number of anilines is 1. The minimum Gasteiger partial charge on any atom is -0.346 e. The molecule has 1 amide bonds. The molecule has 0 unspecified atom stereocenters. The maximum atomic E-state index is 12.3. The van der Waals surface area contributed by atoms with Crippen LogP contribution in [0.25, 0.3) is 10.9 Å². The average molecular weight is 323 g/mol. The van der Waals surface area contributed by atoms with Gasteiger partial charge in [0.1, 0.15) is 5.69 Å². The van der Waals surface area contributed by atoms with Gasteiger partial charge in [0.15, 0.2) is 0 Å². The monoisotopic (exact) mass is 323 g/mol. The van der Waals surface area contributed by atoms with Gasteiger partial charge in [-0.2, -0.15) is 0 Å². The molecule has 2 aromatic heterocycles. The second kappa shape index (κ2) is 6.80. The predicted octanol–water partition coefficient (Wildman–Crippen LogP) is 2.55. The van der Waals surface area contributed by atoms with Gasteiger partial charge in [0.05, 0.1) is 17.4 Å². The molecule has 0 saturated heterocycles. The van der Waals surface area contributed by atoms with E-state index in [9.17, 15) is 4.79 Å². The number of hydrogen-bond donors (Lipinski definition) is 1. The molecule has 0 aliphatic carbocycles. The minimum atomic E-state index is -0.256. The zero-order chi connectivity index (χ0) is 17.1. The Morgan fingerprint density at radius 1 is 1.21 bits per heavy atom. The summed E-state index contributed by atoms with van der Waals surface area (Å²) in [4.78, 5) is 22.6. The molecule has 124 valence electrons. The number of aryl methyl sites for hydroxylation is 1. The van der Waals surface area contributed by atoms with E-state index in [-0.39, 0.29) is 5.91 Å². The number of hydrogen-bond acceptors (Lipinski definition) is 4. The molecule has 0 aliphatic rings. The van der Waals surface area contributed by atoms with E-state index in [1.807, 2.05) is 25.1 Å². The topological polar surface area (TPSA) is 63.1 Å². The molecule has 6 nitrogen and oxygen atoms in total. The van der Waals surface area contributed by atoms with Crippen LogP contribution in [0.15, 0.2) is 42.9 Å². The fourth-order valence-corrected chi connectivity index (χ4v) is 2.47. The van der Waals surface area contributed by atoms with E-state index in [4.69, 9.17) is 0 Å². The summed E-state index contributed by atoms with van der Waals surface area (Å²) >= 11 is 0. The van der Waals surface area contributed by atoms with E-state index < -0.39 is 0 Å². The van der Waals surface area contributed by atoms with Crippen LogP contribution < -0.4 is 5.32 Å². The molecule has 0 fully saturated rings. The van der Waals surface area contributed by atoms with Crippen molar-refractivity contribution in [3.05, 3.63) is 54.2 Å². The third-order valence-corrected chi connectivity index (χ3v) is 3.83. The number of nitrogens with one attached hydrogen (secondary N) is 1. The molecule has 24 heavy (non-hydrogen) atoms. The first kappa shape index (κ1) is 16.1. The second-order valence-electron chi connectivity index (χ2n) is 6.08. The van der Waals surface area contributed by atoms with Crippen LogP contribution in [-0.2, 0) is 6.54 Å². The lowest BCUT2D eigenvalue weighted by molar-refractivity contribution is 0.102. The molecule has 0 saturated carbocycles. The zero-order valence-electron chi connectivity index (χ0n) is 14.2. The van der Waals surface area contributed by atoms with Crippen molar-refractivity contribution in [3.63, 3.8) is 0 Å². The predicted molar refractivity (Wildman–Crippen MR) is 95.2 cm³/mol. The van der Waals surface area contributed by atoms with Crippen LogP contribution >= 0.6 is 0 Å². The van der Waals surface area contributed by atoms with Gasteiger partial charge >= 0.3 is 0 Å². The molecule has 3 aromatic rings. The van der Waals surface area contributed by atoms with Gasteiger partial charge in [-0.15, -0.1) is 0 Å². The Balaban J connectivity index is 1.80. The normalized spacial score (nSPS) is 11.2. The Morgan fingerprint density at radius 3 is 2.75 bits per heavy atom. The Hall–Kier alpha value is -2.73. The summed E-state index contributed by atoms with van der Waals surface area (Å²) in [5.74, 6) is -0.256. The highest BCUT2D eigenvalue weighted by molar-refractivity contribution is 6.03. The summed E-state index contributed by atoms with van der Waals surface area (Å²) in [6.07, 6.45) is 5.15. The van der Waals surface area contributed by atoms with Crippen molar-refractivity contribution in [2.24, 2.45) is 0 Å². The van der Waals surface area contributed by atoms with Crippen LogP contribution in [0.5, 0.6) is 0 Å². The third-order valence-electron chi connectivity index (χ3n) is 3.83. The summed E-state index contributed by atoms with van der Waals surface area (Å²) < 4.78 is 2.19. The molecular weight excluding hydrogens is 302 g/mol. The van der Waals surface area contributed by atoms with Crippen molar-refractivity contribution in [1.29, 1.82) is 0 Å². The number of carbonyl (C=O) groups excluding carboxylic acids is 1. The average Bonchev–Trinajstić information content (AvgIpc) is 2.96. The summed E-state index contributed by atoms with van der Waals surface area (Å²) in [7, 11) is 4.11. The smallest absolute Gasteiger partial charge is 0.275 e. The first-order chi connectivity index (χ1) is 11.5. The number of fused-ring (bicyclic) bond motifs is 1. The van der Waals surface area contributed by atoms with E-state index >= 15 is 0 Å². The van der Waals surface area contributed by atoms with E-state index in [2.05, 4.69) is 51.1 Å². The molecule has 0 atom stereocenters. The highest BCUT2D eigenvalue weighted by atomic mass is 16.1. The molecule has 0 radical (unpaired) electrons. The Bertz CT molecular complexity index is 851. The third kappa shape index (κ3) is 3.60. The molecule has 0 spiro atoms. The lowest BCUT2D eigenvalue weighted by atomic mass is 10.2. The van der Waals surface area contributed by atoms with Gasteiger partial charge in [0.25, 0.3) is 5.91 Å². The molecule has 2 heterocycles. The summed E-state index contributed by atoms with van der Waals surface area (Å²) in [6, 6.07) is 7.99. The summed E-state index contributed by atoms with van der Waals surface area (Å²) in [6.45, 7) is 3.70. The Morgan fingerprint density at radius 2 is 2.04 bits per heavy atom. The quantitative estimate of drug-likeness (QED) is 0.784. The SMILES string of the molecule is Cc1cnc(C(=O)Nc2ccc3ccn(CCN(C)C)c3c2)cn1. The van der Waals surface area contributed by atoms with Gasteiger partial charge in [-0.05, 0) is 44.6 Å². The van der Waals surface area contributed by atoms with Crippen LogP contribution in [0.1, 0.15) is 16.2 Å². The molecule has 1 N–H and O–H groups in total. The minimum absolute atomic E-state index is 0.256. The van der Waals surface area contributed by atoms with Gasteiger partial charge in [-0.25, -0.2) is 4.98 Å². The fourth-order valence-electron chi connectivity index (χ4n) is 2.47. The number of benzene rings is 1. The number of aromatic nitrogens is 3. The van der Waals surface area contributed by atoms with Gasteiger partial charge in [-0.1, -0.05) is 6.07 Å². The van der Waals surface area contributed by atoms with Crippen molar-refractivity contribution < 1.29 is 4.79 Å². The number of rotatable bonds is 5. The van der Waals surface area contributed by atoms with E-state index in [0.717, 1.165) is 35.4 Å². The van der Waals surface area contributed by atoms with Crippen molar-refractivity contribution in [2.45, 2.75) is 13.5 Å². The summed E-state index contributed by atoms with van der Waals surface area (Å²) in [5.41, 5.74) is 2.94. The molecule has 0 aliphatic heterocycles. The maximum absolute atomic E-state index is 12.3. The van der Waals surface area contributed by atoms with Crippen molar-refractivity contribution in [2.75, 3.05) is 26.0 Å². The Kier molecular flexibility index (Phi) is 4.57.